The van der Waals surface area contributed by atoms with Gasteiger partial charge in [0.2, 0.25) is 6.20 Å². The number of hydrogen-bond acceptors (Lipinski definition) is 3. The predicted molar refractivity (Wildman–Crippen MR) is 35.8 cm³/mol. The smallest absolute Gasteiger partial charge is 0.232 e. The molecule has 2 N–H and O–H groups in total. The first-order valence-corrected chi connectivity index (χ1v) is 2.78. The summed E-state index contributed by atoms with van der Waals surface area (Å²) in [6, 6.07) is 0. The minimum Gasteiger partial charge on any atom is -0.595 e. The largest absolute Gasteiger partial charge is 0.595 e. The van der Waals surface area contributed by atoms with Crippen LogP contribution >= 0.6 is 0 Å². The van der Waals surface area contributed by atoms with Crippen LogP contribution in [0.1, 0.15) is 0 Å². The highest BCUT2D eigenvalue weighted by molar-refractivity contribution is 5.25. The van der Waals surface area contributed by atoms with Gasteiger partial charge in [0.05, 0.1) is 0 Å². The zero-order chi connectivity index (χ0) is 7.40. The number of nitrogens with zero attached hydrogens (tertiary/aromatic N) is 1. The lowest BCUT2D eigenvalue weighted by atomic mass is 10.3. The molecule has 10 heavy (non-hydrogen) atoms. The third kappa shape index (κ3) is 1.74. The lowest BCUT2D eigenvalue weighted by molar-refractivity contribution is -0.482. The predicted octanol–water partition coefficient (Wildman–Crippen LogP) is 1.04. The van der Waals surface area contributed by atoms with Crippen LogP contribution in [-0.4, -0.2) is 4.86 Å². The van der Waals surface area contributed by atoms with Gasteiger partial charge in [-0.2, -0.15) is 0 Å². The number of allylic oxidation sites excluding steroid dienone is 3. The number of hydroxylamine groups is 1. The molecule has 0 aromatic heterocycles. The average Bonchev–Trinajstić information content (AvgIpc) is 1.88. The number of dihydropyridines is 1. The number of nitrogens with one attached hydrogen (secondary N) is 2. The van der Waals surface area contributed by atoms with E-state index in [1.807, 2.05) is 0 Å². The highest BCUT2D eigenvalue weighted by atomic mass is 16.5. The molecule has 0 aromatic carbocycles. The van der Waals surface area contributed by atoms with E-state index >= 15 is 0 Å². The van der Waals surface area contributed by atoms with Crippen molar-refractivity contribution < 1.29 is 4.86 Å². The van der Waals surface area contributed by atoms with E-state index in [0.29, 0.717) is 5.70 Å². The van der Waals surface area contributed by atoms with E-state index < -0.39 is 0 Å². The summed E-state index contributed by atoms with van der Waals surface area (Å²) in [5.41, 5.74) is 7.14. The van der Waals surface area contributed by atoms with Crippen LogP contribution < -0.4 is 5.32 Å². The molecule has 0 saturated carbocycles. The summed E-state index contributed by atoms with van der Waals surface area (Å²) >= 11 is 0. The summed E-state index contributed by atoms with van der Waals surface area (Å²) in [4.78, 5) is 0.00579. The maximum atomic E-state index is 10.1. The molecule has 0 aliphatic carbocycles. The van der Waals surface area contributed by atoms with Gasteiger partial charge in [-0.15, -0.1) is 0 Å². The molecule has 1 aliphatic rings. The summed E-state index contributed by atoms with van der Waals surface area (Å²) in [6.45, 7) is 0. The molecule has 0 unspecified atom stereocenters. The van der Waals surface area contributed by atoms with E-state index in [2.05, 4.69) is 5.32 Å². The van der Waals surface area contributed by atoms with Crippen molar-refractivity contribution in [3.8, 4) is 0 Å². The van der Waals surface area contributed by atoms with Gasteiger partial charge in [-0.25, -0.2) is 0 Å². The second-order valence-electron chi connectivity index (χ2n) is 1.77. The summed E-state index contributed by atoms with van der Waals surface area (Å²) in [5.74, 6) is 0. The Hall–Kier alpha value is -1.58. The van der Waals surface area contributed by atoms with E-state index in [4.69, 9.17) is 5.53 Å². The van der Waals surface area contributed by atoms with Crippen molar-refractivity contribution in [1.82, 2.24) is 5.32 Å². The number of hydrogen-bond donors (Lipinski definition) is 2. The molecule has 52 valence electrons. The normalized spacial score (nSPS) is 19.0. The van der Waals surface area contributed by atoms with Gasteiger partial charge in [0, 0.05) is 6.20 Å². The van der Waals surface area contributed by atoms with E-state index in [1.54, 1.807) is 24.4 Å². The maximum Gasteiger partial charge on any atom is 0.232 e. The fourth-order valence-corrected chi connectivity index (χ4v) is 0.614. The molecule has 1 rings (SSSR count). The molecule has 4 nitrogen and oxygen atoms in total. The Morgan fingerprint density at radius 1 is 1.60 bits per heavy atom. The Bertz CT molecular complexity index is 227. The van der Waals surface area contributed by atoms with Crippen molar-refractivity contribution in [1.29, 1.82) is 5.53 Å². The van der Waals surface area contributed by atoms with Crippen LogP contribution in [-0.2, 0) is 0 Å². The molecule has 0 saturated heterocycles. The van der Waals surface area contributed by atoms with Crippen LogP contribution in [0.3, 0.4) is 0 Å². The monoisotopic (exact) mass is 137 g/mol. The lowest BCUT2D eigenvalue weighted by Gasteiger charge is -2.01. The van der Waals surface area contributed by atoms with Gasteiger partial charge in [0.15, 0.2) is 0 Å². The van der Waals surface area contributed by atoms with Crippen LogP contribution in [0.15, 0.2) is 36.3 Å². The zero-order valence-electron chi connectivity index (χ0n) is 5.24. The van der Waals surface area contributed by atoms with Crippen molar-refractivity contribution in [2.75, 3.05) is 0 Å². The Kier molecular flexibility index (Phi) is 1.84. The second kappa shape index (κ2) is 2.82. The third-order valence-electron chi connectivity index (χ3n) is 0.989. The Balaban J connectivity index is 2.67. The van der Waals surface area contributed by atoms with Crippen molar-refractivity contribution >= 4 is 0 Å². The molecule has 0 amide bonds. The minimum atomic E-state index is 0.00579. The molecule has 0 aromatic rings. The molecule has 1 heterocycles. The van der Waals surface area contributed by atoms with Gasteiger partial charge >= 0.3 is 0 Å². The van der Waals surface area contributed by atoms with Gasteiger partial charge in [0.1, 0.15) is 5.70 Å². The minimum absolute atomic E-state index is 0.00579. The van der Waals surface area contributed by atoms with Crippen molar-refractivity contribution in [3.63, 3.8) is 0 Å². The van der Waals surface area contributed by atoms with Gasteiger partial charge in [-0.05, 0) is 17.7 Å². The first-order valence-electron chi connectivity index (χ1n) is 2.78. The lowest BCUT2D eigenvalue weighted by Crippen LogP contribution is -2.06. The Morgan fingerprint density at radius 3 is 2.90 bits per heavy atom. The maximum absolute atomic E-state index is 10.1. The zero-order valence-corrected chi connectivity index (χ0v) is 5.24. The van der Waals surface area contributed by atoms with E-state index in [9.17, 15) is 5.21 Å². The molecular weight excluding hydrogens is 130 g/mol. The Labute approximate surface area is 58.2 Å². The standard InChI is InChI=1S/C6H7N3O/c7-9(10)5-6-3-1-2-4-8-6/h1-5,7-8H. The van der Waals surface area contributed by atoms with Gasteiger partial charge < -0.3 is 10.5 Å². The van der Waals surface area contributed by atoms with Crippen LogP contribution in [0.25, 0.3) is 0 Å². The summed E-state index contributed by atoms with van der Waals surface area (Å²) < 4.78 is 0. The molecule has 0 radical (unpaired) electrons. The molecule has 0 bridgehead atoms. The first-order chi connectivity index (χ1) is 4.79. The van der Waals surface area contributed by atoms with E-state index in [0.717, 1.165) is 6.20 Å². The SMILES string of the molecule is N=[N+]([O-])C=C1C=CC=CN1. The van der Waals surface area contributed by atoms with Gasteiger partial charge in [-0.1, -0.05) is 10.9 Å². The quantitative estimate of drug-likeness (QED) is 0.322. The second-order valence-corrected chi connectivity index (χ2v) is 1.77. The molecular formula is C6H7N3O. The third-order valence-corrected chi connectivity index (χ3v) is 0.989. The van der Waals surface area contributed by atoms with E-state index in [1.165, 1.54) is 0 Å². The summed E-state index contributed by atoms with van der Waals surface area (Å²) in [6.07, 6.45) is 8.12. The Morgan fingerprint density at radius 2 is 2.40 bits per heavy atom. The molecule has 0 fully saturated rings. The molecule has 1 aliphatic heterocycles. The van der Waals surface area contributed by atoms with Crippen LogP contribution in [0.5, 0.6) is 0 Å². The van der Waals surface area contributed by atoms with Crippen molar-refractivity contribution in [2.45, 2.75) is 0 Å². The van der Waals surface area contributed by atoms with Gasteiger partial charge in [-0.3, -0.25) is 0 Å². The van der Waals surface area contributed by atoms with Gasteiger partial charge in [0.25, 0.3) is 0 Å². The molecule has 0 spiro atoms. The molecule has 0 atom stereocenters. The highest BCUT2D eigenvalue weighted by Crippen LogP contribution is 1.97. The van der Waals surface area contributed by atoms with Crippen LogP contribution in [0.4, 0.5) is 0 Å². The van der Waals surface area contributed by atoms with Crippen LogP contribution in [0, 0.1) is 10.7 Å². The fraction of sp³-hybridized carbons (Fsp3) is 0. The van der Waals surface area contributed by atoms with Crippen LogP contribution in [0.2, 0.25) is 0 Å². The van der Waals surface area contributed by atoms with E-state index in [-0.39, 0.29) is 4.86 Å². The summed E-state index contributed by atoms with van der Waals surface area (Å²) in [5, 5.41) is 12.9. The first kappa shape index (κ1) is 6.54. The summed E-state index contributed by atoms with van der Waals surface area (Å²) in [7, 11) is 0. The molecule has 4 heteroatoms. The number of rotatable bonds is 1. The highest BCUT2D eigenvalue weighted by Gasteiger charge is 1.94. The van der Waals surface area contributed by atoms with Crippen molar-refractivity contribution in [2.24, 2.45) is 0 Å². The van der Waals surface area contributed by atoms with Crippen molar-refractivity contribution in [3.05, 3.63) is 41.5 Å². The fourth-order valence-electron chi connectivity index (χ4n) is 0.614. The average molecular weight is 137 g/mol. The topological polar surface area (TPSA) is 62.0 Å².